The Labute approximate surface area is 198 Å². The van der Waals surface area contributed by atoms with Gasteiger partial charge in [-0.25, -0.2) is 16.8 Å². The van der Waals surface area contributed by atoms with Gasteiger partial charge in [0.05, 0.1) is 29.7 Å². The number of hydrogen-bond acceptors (Lipinski definition) is 8. The normalized spacial score (nSPS) is 18.7. The molecule has 2 rings (SSSR count). The Morgan fingerprint density at radius 1 is 0.576 bits per heavy atom. The van der Waals surface area contributed by atoms with E-state index in [2.05, 4.69) is 20.4 Å². The van der Waals surface area contributed by atoms with E-state index in [0.29, 0.717) is 13.1 Å². The Morgan fingerprint density at radius 2 is 0.939 bits per heavy atom. The Kier molecular flexibility index (Phi) is 12.1. The third-order valence-corrected chi connectivity index (χ3v) is 9.45. The third-order valence-electron chi connectivity index (χ3n) is 6.19. The van der Waals surface area contributed by atoms with Gasteiger partial charge in [0.2, 0.25) is 11.8 Å². The fourth-order valence-corrected chi connectivity index (χ4v) is 6.49. The van der Waals surface area contributed by atoms with Crippen LogP contribution in [0, 0.1) is 0 Å². The highest BCUT2D eigenvalue weighted by Gasteiger charge is 2.19. The summed E-state index contributed by atoms with van der Waals surface area (Å²) in [6.07, 6.45) is 6.43. The molecular formula is C21H40N4O6S2. The first kappa shape index (κ1) is 28.0. The van der Waals surface area contributed by atoms with Gasteiger partial charge in [-0.3, -0.25) is 9.59 Å². The van der Waals surface area contributed by atoms with Crippen LogP contribution < -0.4 is 10.6 Å². The van der Waals surface area contributed by atoms with Gasteiger partial charge in [0.25, 0.3) is 0 Å². The highest BCUT2D eigenvalue weighted by molar-refractivity contribution is 7.91. The summed E-state index contributed by atoms with van der Waals surface area (Å²) in [5.41, 5.74) is 0. The van der Waals surface area contributed by atoms with Gasteiger partial charge in [-0.2, -0.15) is 0 Å². The molecule has 10 nitrogen and oxygen atoms in total. The van der Waals surface area contributed by atoms with E-state index in [4.69, 9.17) is 0 Å². The lowest BCUT2D eigenvalue weighted by Gasteiger charge is -2.26. The van der Waals surface area contributed by atoms with Crippen molar-refractivity contribution in [2.45, 2.75) is 51.4 Å². The molecule has 0 spiro atoms. The molecule has 0 aromatic carbocycles. The maximum atomic E-state index is 12.2. The van der Waals surface area contributed by atoms with Gasteiger partial charge in [0.15, 0.2) is 19.7 Å². The fraction of sp³-hybridized carbons (Fsp3) is 0.905. The van der Waals surface area contributed by atoms with Crippen molar-refractivity contribution in [3.63, 3.8) is 0 Å². The zero-order valence-electron chi connectivity index (χ0n) is 19.6. The van der Waals surface area contributed by atoms with Gasteiger partial charge in [-0.15, -0.1) is 0 Å². The number of carbonyl (C=O) groups is 2. The average Bonchev–Trinajstić information content (AvgIpc) is 2.81. The van der Waals surface area contributed by atoms with Gasteiger partial charge in [0, 0.05) is 25.9 Å². The Bertz CT molecular complexity index is 752. The van der Waals surface area contributed by atoms with E-state index >= 15 is 0 Å². The van der Waals surface area contributed by atoms with E-state index in [1.807, 2.05) is 0 Å². The summed E-state index contributed by atoms with van der Waals surface area (Å²) in [6, 6.07) is 0. The van der Waals surface area contributed by atoms with Crippen LogP contribution in [0.2, 0.25) is 0 Å². The van der Waals surface area contributed by atoms with Crippen molar-refractivity contribution >= 4 is 31.5 Å². The second-order valence-electron chi connectivity index (χ2n) is 8.98. The zero-order chi connectivity index (χ0) is 24.2. The molecule has 0 aromatic heterocycles. The van der Waals surface area contributed by atoms with Crippen LogP contribution in [0.5, 0.6) is 0 Å². The van der Waals surface area contributed by atoms with Crippen LogP contribution in [0.25, 0.3) is 0 Å². The lowest BCUT2D eigenvalue weighted by Crippen LogP contribution is -2.39. The fourth-order valence-electron chi connectivity index (χ4n) is 4.02. The number of piperidine rings is 2. The van der Waals surface area contributed by atoms with Crippen molar-refractivity contribution in [3.05, 3.63) is 0 Å². The van der Waals surface area contributed by atoms with Gasteiger partial charge < -0.3 is 20.4 Å². The smallest absolute Gasteiger partial charge is 0.222 e. The number of sulfone groups is 2. The average molecular weight is 509 g/mol. The highest BCUT2D eigenvalue weighted by Crippen LogP contribution is 2.09. The Hall–Kier alpha value is -1.24. The second kappa shape index (κ2) is 14.2. The van der Waals surface area contributed by atoms with E-state index in [0.717, 1.165) is 51.9 Å². The lowest BCUT2D eigenvalue weighted by molar-refractivity contribution is -0.122. The van der Waals surface area contributed by atoms with E-state index in [9.17, 15) is 26.4 Å². The molecule has 0 aromatic rings. The molecule has 0 aliphatic carbocycles. The van der Waals surface area contributed by atoms with E-state index in [1.54, 1.807) is 0 Å². The first-order valence-corrected chi connectivity index (χ1v) is 15.7. The highest BCUT2D eigenvalue weighted by atomic mass is 32.2. The molecule has 2 heterocycles. The summed E-state index contributed by atoms with van der Waals surface area (Å²) in [5, 5.41) is 4.91. The number of hydrogen-bond donors (Lipinski definition) is 2. The van der Waals surface area contributed by atoms with Crippen LogP contribution in [-0.4, -0.2) is 107 Å². The van der Waals surface area contributed by atoms with Crippen LogP contribution in [-0.2, 0) is 29.3 Å². The van der Waals surface area contributed by atoms with Crippen molar-refractivity contribution in [1.29, 1.82) is 0 Å². The molecule has 0 bridgehead atoms. The molecule has 0 unspecified atom stereocenters. The maximum Gasteiger partial charge on any atom is 0.222 e. The Balaban J connectivity index is 1.54. The number of nitrogens with zero attached hydrogens (tertiary/aromatic N) is 2. The van der Waals surface area contributed by atoms with Crippen molar-refractivity contribution < 1.29 is 26.4 Å². The maximum absolute atomic E-state index is 12.2. The van der Waals surface area contributed by atoms with Crippen molar-refractivity contribution in [2.75, 3.05) is 68.9 Å². The summed E-state index contributed by atoms with van der Waals surface area (Å²) >= 11 is 0. The first-order chi connectivity index (χ1) is 15.7. The van der Waals surface area contributed by atoms with Crippen molar-refractivity contribution in [2.24, 2.45) is 0 Å². The summed E-state index contributed by atoms with van der Waals surface area (Å²) < 4.78 is 48.6. The van der Waals surface area contributed by atoms with Crippen LogP contribution in [0.3, 0.4) is 0 Å². The predicted octanol–water partition coefficient (Wildman–Crippen LogP) is -0.242. The van der Waals surface area contributed by atoms with Crippen molar-refractivity contribution in [1.82, 2.24) is 20.4 Å². The molecule has 0 atom stereocenters. The minimum Gasteiger partial charge on any atom is -0.339 e. The minimum absolute atomic E-state index is 0.0449. The number of nitrogens with one attached hydrogen (secondary N) is 2. The minimum atomic E-state index is -3.32. The molecule has 33 heavy (non-hydrogen) atoms. The topological polar surface area (TPSA) is 133 Å². The van der Waals surface area contributed by atoms with Gasteiger partial charge in [0.1, 0.15) is 0 Å². The van der Waals surface area contributed by atoms with E-state index in [-0.39, 0.29) is 42.5 Å². The van der Waals surface area contributed by atoms with Gasteiger partial charge in [-0.05, 0) is 51.9 Å². The molecule has 192 valence electrons. The summed E-state index contributed by atoms with van der Waals surface area (Å²) in [4.78, 5) is 28.1. The molecule has 2 saturated heterocycles. The quantitative estimate of drug-likeness (QED) is 0.307. The summed E-state index contributed by atoms with van der Waals surface area (Å²) in [5.74, 6) is -1.30. The van der Waals surface area contributed by atoms with Gasteiger partial charge >= 0.3 is 0 Å². The third kappa shape index (κ3) is 12.7. The molecule has 0 radical (unpaired) electrons. The molecular weight excluding hydrogens is 468 g/mol. The molecule has 0 saturated carbocycles. The molecule has 2 aliphatic rings. The summed E-state index contributed by atoms with van der Waals surface area (Å²) in [6.45, 7) is 4.55. The van der Waals surface area contributed by atoms with E-state index in [1.165, 1.54) is 12.8 Å². The number of amides is 2. The standard InChI is InChI=1S/C21H40N4O6S2/c26-20(7-15-32(28,29)17-13-24-9-3-1-4-10-24)22-19-23-21(27)8-16-33(30,31)18-14-25-11-5-2-6-12-25/h1-19H2,(H,22,26)(H,23,27). The first-order valence-electron chi connectivity index (χ1n) is 12.0. The second-order valence-corrected chi connectivity index (χ2v) is 13.6. The van der Waals surface area contributed by atoms with Crippen LogP contribution in [0.4, 0.5) is 0 Å². The van der Waals surface area contributed by atoms with Gasteiger partial charge in [-0.1, -0.05) is 12.8 Å². The van der Waals surface area contributed by atoms with Crippen LogP contribution in [0.15, 0.2) is 0 Å². The predicted molar refractivity (Wildman–Crippen MR) is 128 cm³/mol. The molecule has 2 aliphatic heterocycles. The molecule has 12 heteroatoms. The largest absolute Gasteiger partial charge is 0.339 e. The lowest BCUT2D eigenvalue weighted by atomic mass is 10.1. The SMILES string of the molecule is O=C(CCS(=O)(=O)CCN1CCCCC1)NCNC(=O)CCS(=O)(=O)CCN1CCCCC1. The number of likely N-dealkylation sites (tertiary alicyclic amines) is 2. The number of carbonyl (C=O) groups excluding carboxylic acids is 2. The van der Waals surface area contributed by atoms with Crippen LogP contribution in [0.1, 0.15) is 51.4 Å². The zero-order valence-corrected chi connectivity index (χ0v) is 21.2. The Morgan fingerprint density at radius 3 is 1.30 bits per heavy atom. The van der Waals surface area contributed by atoms with Crippen molar-refractivity contribution in [3.8, 4) is 0 Å². The summed E-state index contributed by atoms with van der Waals surface area (Å²) in [7, 11) is -6.63. The van der Waals surface area contributed by atoms with E-state index < -0.39 is 31.5 Å². The van der Waals surface area contributed by atoms with Crippen LogP contribution >= 0.6 is 0 Å². The monoisotopic (exact) mass is 508 g/mol. The molecule has 2 fully saturated rings. The number of rotatable bonds is 14. The molecule has 2 N–H and O–H groups in total. The molecule has 2 amide bonds.